The topological polar surface area (TPSA) is 49.3 Å². The van der Waals surface area contributed by atoms with Crippen LogP contribution < -0.4 is 5.32 Å². The molecule has 0 aliphatic rings. The van der Waals surface area contributed by atoms with Crippen LogP contribution in [0.4, 0.5) is 0 Å². The maximum Gasteiger partial charge on any atom is 0.162 e. The first-order valence-electron chi connectivity index (χ1n) is 2.88. The van der Waals surface area contributed by atoms with Crippen molar-refractivity contribution >= 4 is 5.78 Å². The standard InChI is InChI=1S/C6H13NO2/c1-5(8)6(2,9)4-7-3/h7,9H,4H2,1-3H3. The average Bonchev–Trinajstić information content (AvgIpc) is 1.65. The first kappa shape index (κ1) is 8.59. The summed E-state index contributed by atoms with van der Waals surface area (Å²) in [7, 11) is 1.69. The minimum absolute atomic E-state index is 0.211. The largest absolute Gasteiger partial charge is 0.381 e. The lowest BCUT2D eigenvalue weighted by atomic mass is 10.0. The Morgan fingerprint density at radius 1 is 1.78 bits per heavy atom. The lowest BCUT2D eigenvalue weighted by molar-refractivity contribution is -0.132. The van der Waals surface area contributed by atoms with Gasteiger partial charge in [-0.05, 0) is 20.9 Å². The van der Waals surface area contributed by atoms with Gasteiger partial charge in [-0.3, -0.25) is 4.79 Å². The highest BCUT2D eigenvalue weighted by Gasteiger charge is 2.24. The number of ketones is 1. The maximum absolute atomic E-state index is 10.6. The molecule has 0 bridgehead atoms. The molecule has 0 aliphatic heterocycles. The van der Waals surface area contributed by atoms with E-state index in [4.69, 9.17) is 0 Å². The summed E-state index contributed by atoms with van der Waals surface area (Å²) in [5.74, 6) is -0.211. The number of aliphatic hydroxyl groups is 1. The van der Waals surface area contributed by atoms with E-state index < -0.39 is 5.60 Å². The summed E-state index contributed by atoms with van der Waals surface area (Å²) in [6.07, 6.45) is 0. The zero-order chi connectivity index (χ0) is 7.49. The summed E-state index contributed by atoms with van der Waals surface area (Å²) in [5.41, 5.74) is -1.20. The lowest BCUT2D eigenvalue weighted by Gasteiger charge is -2.18. The van der Waals surface area contributed by atoms with Gasteiger partial charge in [-0.15, -0.1) is 0 Å². The lowest BCUT2D eigenvalue weighted by Crippen LogP contribution is -2.42. The fraction of sp³-hybridized carbons (Fsp3) is 0.833. The van der Waals surface area contributed by atoms with Crippen LogP contribution in [0.15, 0.2) is 0 Å². The highest BCUT2D eigenvalue weighted by atomic mass is 16.3. The van der Waals surface area contributed by atoms with Gasteiger partial charge in [0.1, 0.15) is 5.60 Å². The molecule has 0 radical (unpaired) electrons. The Balaban J connectivity index is 3.85. The van der Waals surface area contributed by atoms with Crippen molar-refractivity contribution < 1.29 is 9.90 Å². The van der Waals surface area contributed by atoms with Crippen LogP contribution in [0.3, 0.4) is 0 Å². The Morgan fingerprint density at radius 3 is 2.33 bits per heavy atom. The second-order valence-corrected chi connectivity index (χ2v) is 2.36. The fourth-order valence-corrected chi connectivity index (χ4v) is 0.469. The normalized spacial score (nSPS) is 16.9. The van der Waals surface area contributed by atoms with Crippen molar-refractivity contribution in [1.82, 2.24) is 5.32 Å². The molecule has 0 saturated carbocycles. The second-order valence-electron chi connectivity index (χ2n) is 2.36. The van der Waals surface area contributed by atoms with E-state index in [1.54, 1.807) is 7.05 Å². The Hall–Kier alpha value is -0.410. The van der Waals surface area contributed by atoms with Crippen molar-refractivity contribution in [2.75, 3.05) is 13.6 Å². The summed E-state index contributed by atoms with van der Waals surface area (Å²) in [5, 5.41) is 11.9. The highest BCUT2D eigenvalue weighted by Crippen LogP contribution is 2.00. The highest BCUT2D eigenvalue weighted by molar-refractivity contribution is 5.84. The summed E-state index contributed by atoms with van der Waals surface area (Å²) in [4.78, 5) is 10.6. The SMILES string of the molecule is CNCC(C)(O)C(C)=O. The molecule has 9 heavy (non-hydrogen) atoms. The number of rotatable bonds is 3. The van der Waals surface area contributed by atoms with Gasteiger partial charge in [-0.2, -0.15) is 0 Å². The number of hydrogen-bond acceptors (Lipinski definition) is 3. The van der Waals surface area contributed by atoms with Gasteiger partial charge in [0.05, 0.1) is 0 Å². The average molecular weight is 131 g/mol. The molecule has 0 saturated heterocycles. The molecule has 0 aromatic heterocycles. The minimum Gasteiger partial charge on any atom is -0.381 e. The molecule has 0 fully saturated rings. The van der Waals surface area contributed by atoms with Crippen LogP contribution >= 0.6 is 0 Å². The molecule has 0 aromatic rings. The molecular formula is C6H13NO2. The monoisotopic (exact) mass is 131 g/mol. The van der Waals surface area contributed by atoms with Crippen LogP contribution in [0.25, 0.3) is 0 Å². The third kappa shape index (κ3) is 2.58. The Bertz CT molecular complexity index is 110. The summed E-state index contributed by atoms with van der Waals surface area (Å²) < 4.78 is 0. The van der Waals surface area contributed by atoms with E-state index in [0.29, 0.717) is 6.54 Å². The smallest absolute Gasteiger partial charge is 0.162 e. The quantitative estimate of drug-likeness (QED) is 0.545. The van der Waals surface area contributed by atoms with Crippen LogP contribution in [-0.4, -0.2) is 30.1 Å². The number of nitrogens with one attached hydrogen (secondary N) is 1. The van der Waals surface area contributed by atoms with E-state index in [1.807, 2.05) is 0 Å². The van der Waals surface area contributed by atoms with E-state index in [1.165, 1.54) is 13.8 Å². The van der Waals surface area contributed by atoms with Crippen LogP contribution in [-0.2, 0) is 4.79 Å². The molecule has 0 spiro atoms. The molecule has 0 heterocycles. The second kappa shape index (κ2) is 2.94. The third-order valence-electron chi connectivity index (χ3n) is 1.28. The Kier molecular flexibility index (Phi) is 2.81. The van der Waals surface area contributed by atoms with Gasteiger partial charge in [0.15, 0.2) is 5.78 Å². The van der Waals surface area contributed by atoms with E-state index in [2.05, 4.69) is 5.32 Å². The van der Waals surface area contributed by atoms with Gasteiger partial charge < -0.3 is 10.4 Å². The predicted octanol–water partition coefficient (Wildman–Crippen LogP) is -0.454. The van der Waals surface area contributed by atoms with Crippen molar-refractivity contribution in [3.05, 3.63) is 0 Å². The summed E-state index contributed by atoms with van der Waals surface area (Å²) >= 11 is 0. The van der Waals surface area contributed by atoms with Crippen molar-refractivity contribution in [3.8, 4) is 0 Å². The first-order chi connectivity index (χ1) is 4.00. The molecule has 2 N–H and O–H groups in total. The molecule has 1 unspecified atom stereocenters. The van der Waals surface area contributed by atoms with Crippen molar-refractivity contribution in [2.24, 2.45) is 0 Å². The van der Waals surface area contributed by atoms with Gasteiger partial charge in [0, 0.05) is 6.54 Å². The van der Waals surface area contributed by atoms with Gasteiger partial charge in [0.2, 0.25) is 0 Å². The molecule has 0 rings (SSSR count). The van der Waals surface area contributed by atoms with E-state index in [9.17, 15) is 9.90 Å². The van der Waals surface area contributed by atoms with Gasteiger partial charge in [0.25, 0.3) is 0 Å². The van der Waals surface area contributed by atoms with Crippen LogP contribution in [0.1, 0.15) is 13.8 Å². The van der Waals surface area contributed by atoms with E-state index in [0.717, 1.165) is 0 Å². The van der Waals surface area contributed by atoms with E-state index >= 15 is 0 Å². The molecule has 1 atom stereocenters. The summed E-state index contributed by atoms with van der Waals surface area (Å²) in [6.45, 7) is 3.17. The van der Waals surface area contributed by atoms with Crippen molar-refractivity contribution in [2.45, 2.75) is 19.4 Å². The first-order valence-corrected chi connectivity index (χ1v) is 2.88. The zero-order valence-electron chi connectivity index (χ0n) is 6.06. The number of Topliss-reactive ketones (excluding diaryl/α,β-unsaturated/α-hetero) is 1. The zero-order valence-corrected chi connectivity index (χ0v) is 6.06. The molecule has 0 aliphatic carbocycles. The Morgan fingerprint density at radius 2 is 2.22 bits per heavy atom. The molecular weight excluding hydrogens is 118 g/mol. The summed E-state index contributed by atoms with van der Waals surface area (Å²) in [6, 6.07) is 0. The molecule has 3 heteroatoms. The molecule has 3 nitrogen and oxygen atoms in total. The minimum atomic E-state index is -1.20. The number of hydrogen-bond donors (Lipinski definition) is 2. The van der Waals surface area contributed by atoms with Crippen LogP contribution in [0, 0.1) is 0 Å². The number of carbonyl (C=O) groups excluding carboxylic acids is 1. The molecule has 0 aromatic carbocycles. The van der Waals surface area contributed by atoms with Crippen molar-refractivity contribution in [1.29, 1.82) is 0 Å². The van der Waals surface area contributed by atoms with E-state index in [-0.39, 0.29) is 5.78 Å². The van der Waals surface area contributed by atoms with Gasteiger partial charge in [-0.25, -0.2) is 0 Å². The maximum atomic E-state index is 10.6. The molecule has 0 amide bonds. The molecule has 54 valence electrons. The van der Waals surface area contributed by atoms with Crippen LogP contribution in [0.5, 0.6) is 0 Å². The van der Waals surface area contributed by atoms with Gasteiger partial charge >= 0.3 is 0 Å². The third-order valence-corrected chi connectivity index (χ3v) is 1.28. The van der Waals surface area contributed by atoms with Gasteiger partial charge in [-0.1, -0.05) is 0 Å². The fourth-order valence-electron chi connectivity index (χ4n) is 0.469. The predicted molar refractivity (Wildman–Crippen MR) is 35.2 cm³/mol. The Labute approximate surface area is 55.1 Å². The number of carbonyl (C=O) groups is 1. The number of likely N-dealkylation sites (N-methyl/N-ethyl adjacent to an activating group) is 1. The van der Waals surface area contributed by atoms with Crippen molar-refractivity contribution in [3.63, 3.8) is 0 Å². The van der Waals surface area contributed by atoms with Crippen LogP contribution in [0.2, 0.25) is 0 Å².